The first kappa shape index (κ1) is 21.8. The molecule has 0 saturated carbocycles. The lowest BCUT2D eigenvalue weighted by Gasteiger charge is -2.31. The van der Waals surface area contributed by atoms with Crippen LogP contribution in [0.1, 0.15) is 22.9 Å². The molecule has 1 aliphatic rings. The molecular formula is C28H24N4O4. The highest BCUT2D eigenvalue weighted by Crippen LogP contribution is 2.46. The van der Waals surface area contributed by atoms with Crippen molar-refractivity contribution >= 4 is 16.6 Å². The second kappa shape index (κ2) is 7.64. The van der Waals surface area contributed by atoms with Gasteiger partial charge in [0.05, 0.1) is 39.7 Å². The largest absolute Gasteiger partial charge is 0.504 e. The van der Waals surface area contributed by atoms with Crippen LogP contribution in [0, 0.1) is 6.92 Å². The van der Waals surface area contributed by atoms with Gasteiger partial charge >= 0.3 is 5.69 Å². The molecule has 36 heavy (non-hydrogen) atoms. The Labute approximate surface area is 205 Å². The van der Waals surface area contributed by atoms with E-state index < -0.39 is 11.7 Å². The molecule has 8 heteroatoms. The molecule has 0 amide bonds. The predicted octanol–water partition coefficient (Wildman–Crippen LogP) is 3.93. The minimum Gasteiger partial charge on any atom is -0.504 e. The van der Waals surface area contributed by atoms with Gasteiger partial charge in [-0.1, -0.05) is 42.0 Å². The van der Waals surface area contributed by atoms with Crippen molar-refractivity contribution in [1.29, 1.82) is 0 Å². The predicted molar refractivity (Wildman–Crippen MR) is 139 cm³/mol. The fraction of sp³-hybridized carbons (Fsp3) is 0.143. The van der Waals surface area contributed by atoms with Gasteiger partial charge in [0.1, 0.15) is 0 Å². The first-order valence-corrected chi connectivity index (χ1v) is 11.6. The third-order valence-electron chi connectivity index (χ3n) is 6.95. The van der Waals surface area contributed by atoms with Gasteiger partial charge in [0, 0.05) is 14.1 Å². The lowest BCUT2D eigenvalue weighted by Crippen LogP contribution is -2.37. The van der Waals surface area contributed by atoms with Gasteiger partial charge in [-0.2, -0.15) is 0 Å². The zero-order valence-electron chi connectivity index (χ0n) is 20.0. The van der Waals surface area contributed by atoms with Gasteiger partial charge in [-0.3, -0.25) is 13.9 Å². The summed E-state index contributed by atoms with van der Waals surface area (Å²) in [7, 11) is 3.15. The van der Waals surface area contributed by atoms with Gasteiger partial charge in [-0.05, 0) is 48.4 Å². The summed E-state index contributed by atoms with van der Waals surface area (Å²) >= 11 is 0. The van der Waals surface area contributed by atoms with Crippen LogP contribution in [0.15, 0.2) is 76.3 Å². The number of anilines is 1. The van der Waals surface area contributed by atoms with Crippen molar-refractivity contribution in [1.82, 2.24) is 13.7 Å². The quantitative estimate of drug-likeness (QED) is 0.333. The number of rotatable bonds is 2. The molecule has 0 unspecified atom stereocenters. The first-order chi connectivity index (χ1) is 17.3. The maximum atomic E-state index is 13.7. The summed E-state index contributed by atoms with van der Waals surface area (Å²) in [5.41, 5.74) is 5.34. The Kier molecular flexibility index (Phi) is 4.63. The van der Waals surface area contributed by atoms with Gasteiger partial charge < -0.3 is 20.1 Å². The Balaban J connectivity index is 1.86. The van der Waals surface area contributed by atoms with Crippen molar-refractivity contribution < 1.29 is 10.2 Å². The maximum absolute atomic E-state index is 13.7. The van der Waals surface area contributed by atoms with E-state index in [4.69, 9.17) is 0 Å². The molecule has 8 nitrogen and oxygen atoms in total. The van der Waals surface area contributed by atoms with E-state index in [1.165, 1.54) is 23.7 Å². The topological polar surface area (TPSA) is 101 Å². The first-order valence-electron chi connectivity index (χ1n) is 11.6. The van der Waals surface area contributed by atoms with E-state index in [1.54, 1.807) is 13.1 Å². The number of nitrogens with zero attached hydrogens (tertiary/aromatic N) is 3. The summed E-state index contributed by atoms with van der Waals surface area (Å²) in [5.74, 6) is -0.476. The van der Waals surface area contributed by atoms with E-state index >= 15 is 0 Å². The van der Waals surface area contributed by atoms with Crippen LogP contribution in [0.4, 0.5) is 5.69 Å². The number of fused-ring (bicyclic) bond motifs is 5. The van der Waals surface area contributed by atoms with Gasteiger partial charge in [0.15, 0.2) is 11.5 Å². The molecule has 0 aliphatic carbocycles. The molecule has 0 fully saturated rings. The lowest BCUT2D eigenvalue weighted by atomic mass is 9.99. The minimum atomic E-state index is -0.523. The number of aromatic hydroxyl groups is 2. The van der Waals surface area contributed by atoms with E-state index in [-0.39, 0.29) is 17.1 Å². The molecule has 0 spiro atoms. The van der Waals surface area contributed by atoms with E-state index in [1.807, 2.05) is 60.0 Å². The Morgan fingerprint density at radius 2 is 1.64 bits per heavy atom. The summed E-state index contributed by atoms with van der Waals surface area (Å²) in [6.45, 7) is 2.00. The van der Waals surface area contributed by atoms with Crippen LogP contribution in [0.25, 0.3) is 27.8 Å². The summed E-state index contributed by atoms with van der Waals surface area (Å²) in [5, 5.41) is 24.2. The number of hydrogen-bond acceptors (Lipinski definition) is 5. The van der Waals surface area contributed by atoms with E-state index in [9.17, 15) is 19.8 Å². The second-order valence-electron chi connectivity index (χ2n) is 9.21. The van der Waals surface area contributed by atoms with E-state index in [0.29, 0.717) is 27.9 Å². The van der Waals surface area contributed by atoms with Crippen LogP contribution in [0.5, 0.6) is 11.5 Å². The molecule has 5 aromatic rings. The average Bonchev–Trinajstić information content (AvgIpc) is 3.24. The molecule has 3 N–H and O–H groups in total. The summed E-state index contributed by atoms with van der Waals surface area (Å²) < 4.78 is 4.68. The summed E-state index contributed by atoms with van der Waals surface area (Å²) in [6, 6.07) is 19.8. The highest BCUT2D eigenvalue weighted by molar-refractivity contribution is 5.99. The number of phenolic OH excluding ortho intramolecular Hbond substituents is 2. The Hall–Kier alpha value is -4.72. The zero-order valence-corrected chi connectivity index (χ0v) is 20.0. The normalized spacial score (nSPS) is 14.4. The SMILES string of the molecule is Cc1cccc(-c2c3c(=O)n(C)c(=O)n(C)c3c3n2-c2ccccc2N[C@H]3c2ccc(O)c(O)c2)c1. The number of para-hydroxylation sites is 2. The third kappa shape index (κ3) is 2.94. The molecule has 3 aromatic carbocycles. The molecule has 2 aromatic heterocycles. The number of nitrogens with one attached hydrogen (secondary N) is 1. The van der Waals surface area contributed by atoms with E-state index in [2.05, 4.69) is 5.32 Å². The Morgan fingerprint density at radius 3 is 2.39 bits per heavy atom. The zero-order chi connectivity index (χ0) is 25.3. The maximum Gasteiger partial charge on any atom is 0.331 e. The molecule has 0 radical (unpaired) electrons. The lowest BCUT2D eigenvalue weighted by molar-refractivity contribution is 0.403. The van der Waals surface area contributed by atoms with Crippen molar-refractivity contribution in [3.63, 3.8) is 0 Å². The number of phenols is 2. The van der Waals surface area contributed by atoms with Crippen molar-refractivity contribution in [2.24, 2.45) is 14.1 Å². The fourth-order valence-corrected chi connectivity index (χ4v) is 5.25. The van der Waals surface area contributed by atoms with Gasteiger partial charge in [-0.25, -0.2) is 4.79 Å². The second-order valence-corrected chi connectivity index (χ2v) is 9.21. The molecule has 6 rings (SSSR count). The van der Waals surface area contributed by atoms with Crippen molar-refractivity contribution in [2.75, 3.05) is 5.32 Å². The van der Waals surface area contributed by atoms with E-state index in [0.717, 1.165) is 27.1 Å². The molecule has 3 heterocycles. The van der Waals surface area contributed by atoms with Crippen LogP contribution in [-0.2, 0) is 14.1 Å². The average molecular weight is 481 g/mol. The summed E-state index contributed by atoms with van der Waals surface area (Å²) in [6.07, 6.45) is 0. The molecule has 1 aliphatic heterocycles. The van der Waals surface area contributed by atoms with Crippen LogP contribution in [0.2, 0.25) is 0 Å². The number of benzene rings is 3. The van der Waals surface area contributed by atoms with Crippen LogP contribution in [0.3, 0.4) is 0 Å². The van der Waals surface area contributed by atoms with Crippen molar-refractivity contribution in [2.45, 2.75) is 13.0 Å². The van der Waals surface area contributed by atoms with Gasteiger partial charge in [-0.15, -0.1) is 0 Å². The Morgan fingerprint density at radius 1 is 0.861 bits per heavy atom. The monoisotopic (exact) mass is 480 g/mol. The van der Waals surface area contributed by atoms with Crippen LogP contribution in [-0.4, -0.2) is 23.9 Å². The smallest absolute Gasteiger partial charge is 0.331 e. The standard InChI is InChI=1S/C28H24N4O4/c1-15-7-6-8-17(13-15)24-22-25(30(2)28(36)31(3)27(22)35)26-23(16-11-12-20(33)21(34)14-16)29-18-9-4-5-10-19(18)32(24)26/h4-14,23,29,33-34H,1-3H3/t23-/m0/s1. The van der Waals surface area contributed by atoms with Crippen molar-refractivity contribution in [3.05, 3.63) is 104 Å². The van der Waals surface area contributed by atoms with Gasteiger partial charge in [0.25, 0.3) is 5.56 Å². The van der Waals surface area contributed by atoms with Crippen LogP contribution < -0.4 is 16.6 Å². The highest BCUT2D eigenvalue weighted by Gasteiger charge is 2.35. The summed E-state index contributed by atoms with van der Waals surface area (Å²) in [4.78, 5) is 26.8. The van der Waals surface area contributed by atoms with Crippen molar-refractivity contribution in [3.8, 4) is 28.4 Å². The minimum absolute atomic E-state index is 0.225. The number of aromatic nitrogens is 3. The number of hydrogen-bond donors (Lipinski definition) is 3. The Bertz CT molecular complexity index is 1830. The van der Waals surface area contributed by atoms with Gasteiger partial charge in [0.2, 0.25) is 0 Å². The molecular weight excluding hydrogens is 456 g/mol. The highest BCUT2D eigenvalue weighted by atomic mass is 16.3. The molecule has 1 atom stereocenters. The number of aryl methyl sites for hydroxylation is 2. The molecule has 0 bridgehead atoms. The fourth-order valence-electron chi connectivity index (χ4n) is 5.25. The molecule has 180 valence electrons. The third-order valence-corrected chi connectivity index (χ3v) is 6.95. The van der Waals surface area contributed by atoms with Crippen LogP contribution >= 0.6 is 0 Å². The molecule has 0 saturated heterocycles.